The van der Waals surface area contributed by atoms with Crippen LogP contribution in [0.5, 0.6) is 0 Å². The molecule has 0 aromatic heterocycles. The first-order chi connectivity index (χ1) is 29.4. The molecule has 1 atom stereocenters. The molecule has 0 bridgehead atoms. The van der Waals surface area contributed by atoms with Crippen LogP contribution in [0.15, 0.2) is 0 Å². The highest BCUT2D eigenvalue weighted by molar-refractivity contribution is 5.71. The number of esters is 3. The molecule has 0 heterocycles. The molecule has 0 spiro atoms. The van der Waals surface area contributed by atoms with Gasteiger partial charge < -0.3 is 14.2 Å². The summed E-state index contributed by atoms with van der Waals surface area (Å²) in [5, 5.41) is 0. The van der Waals surface area contributed by atoms with E-state index in [4.69, 9.17) is 14.2 Å². The minimum absolute atomic E-state index is 0.0632. The summed E-state index contributed by atoms with van der Waals surface area (Å²) >= 11 is 0. The van der Waals surface area contributed by atoms with Gasteiger partial charge in [0.15, 0.2) is 6.10 Å². The van der Waals surface area contributed by atoms with Gasteiger partial charge in [0, 0.05) is 19.3 Å². The lowest BCUT2D eigenvalue weighted by Crippen LogP contribution is -2.30. The van der Waals surface area contributed by atoms with Crippen molar-refractivity contribution >= 4 is 17.9 Å². The molecule has 60 heavy (non-hydrogen) atoms. The van der Waals surface area contributed by atoms with Crippen molar-refractivity contribution in [2.45, 2.75) is 310 Å². The summed E-state index contributed by atoms with van der Waals surface area (Å²) in [6, 6.07) is 0. The average Bonchev–Trinajstić information content (AvgIpc) is 3.23. The van der Waals surface area contributed by atoms with Gasteiger partial charge >= 0.3 is 17.9 Å². The van der Waals surface area contributed by atoms with E-state index >= 15 is 0 Å². The van der Waals surface area contributed by atoms with Crippen molar-refractivity contribution in [3.8, 4) is 0 Å². The Bertz CT molecular complexity index is 903. The normalized spacial score (nSPS) is 11.9. The van der Waals surface area contributed by atoms with Crippen LogP contribution in [0.3, 0.4) is 0 Å². The molecule has 6 heteroatoms. The summed E-state index contributed by atoms with van der Waals surface area (Å²) in [6.07, 6.45) is 51.0. The molecule has 0 saturated heterocycles. The number of hydrogen-bond donors (Lipinski definition) is 0. The van der Waals surface area contributed by atoms with Crippen LogP contribution in [0.1, 0.15) is 304 Å². The standard InChI is InChI=1S/C54H104O6/c1-5-7-9-11-13-15-17-19-20-21-22-23-24-26-28-30-34-39-43-47-54(57)60-51(49-59-53(56)46-42-38-35-31-32-36-40-44-50(3)4)48-58-52(55)45-41-37-33-29-27-25-18-16-14-12-10-8-6-2/h50-51H,5-49H2,1-4H3/t51-/m1/s1. The molecule has 0 aliphatic carbocycles. The zero-order chi connectivity index (χ0) is 43.8. The van der Waals surface area contributed by atoms with Gasteiger partial charge in [-0.15, -0.1) is 0 Å². The molecule has 0 aliphatic heterocycles. The maximum atomic E-state index is 12.8. The summed E-state index contributed by atoms with van der Waals surface area (Å²) in [5.41, 5.74) is 0. The Hall–Kier alpha value is -1.59. The Morgan fingerprint density at radius 1 is 0.317 bits per heavy atom. The van der Waals surface area contributed by atoms with Gasteiger partial charge in [0.05, 0.1) is 0 Å². The van der Waals surface area contributed by atoms with Crippen LogP contribution in [-0.4, -0.2) is 37.2 Å². The summed E-state index contributed by atoms with van der Waals surface area (Å²) in [7, 11) is 0. The molecule has 0 saturated carbocycles. The van der Waals surface area contributed by atoms with Gasteiger partial charge in [0.25, 0.3) is 0 Å². The predicted molar refractivity (Wildman–Crippen MR) is 257 cm³/mol. The maximum absolute atomic E-state index is 12.8. The largest absolute Gasteiger partial charge is 0.462 e. The Balaban J connectivity index is 4.25. The van der Waals surface area contributed by atoms with Crippen LogP contribution in [0, 0.1) is 5.92 Å². The van der Waals surface area contributed by atoms with E-state index in [0.29, 0.717) is 19.3 Å². The number of hydrogen-bond acceptors (Lipinski definition) is 6. The zero-order valence-electron chi connectivity index (χ0n) is 40.9. The molecule has 6 nitrogen and oxygen atoms in total. The van der Waals surface area contributed by atoms with Crippen LogP contribution in [-0.2, 0) is 28.6 Å². The second kappa shape index (κ2) is 48.4. The van der Waals surface area contributed by atoms with Crippen molar-refractivity contribution in [1.29, 1.82) is 0 Å². The summed E-state index contributed by atoms with van der Waals surface area (Å²) in [4.78, 5) is 37.9. The van der Waals surface area contributed by atoms with Crippen LogP contribution in [0.25, 0.3) is 0 Å². The minimum Gasteiger partial charge on any atom is -0.462 e. The van der Waals surface area contributed by atoms with Crippen molar-refractivity contribution in [1.82, 2.24) is 0 Å². The highest BCUT2D eigenvalue weighted by Crippen LogP contribution is 2.17. The average molecular weight is 849 g/mol. The number of carbonyl (C=O) groups is 3. The zero-order valence-corrected chi connectivity index (χ0v) is 40.9. The number of rotatable bonds is 49. The summed E-state index contributed by atoms with van der Waals surface area (Å²) < 4.78 is 16.8. The van der Waals surface area contributed by atoms with Crippen molar-refractivity contribution in [2.75, 3.05) is 13.2 Å². The van der Waals surface area contributed by atoms with E-state index in [2.05, 4.69) is 27.7 Å². The molecular formula is C54H104O6. The number of ether oxygens (including phenoxy) is 3. The van der Waals surface area contributed by atoms with E-state index in [1.54, 1.807) is 0 Å². The molecule has 0 fully saturated rings. The molecule has 0 amide bonds. The lowest BCUT2D eigenvalue weighted by molar-refractivity contribution is -0.167. The number of carbonyl (C=O) groups excluding carboxylic acids is 3. The fourth-order valence-electron chi connectivity index (χ4n) is 8.22. The van der Waals surface area contributed by atoms with E-state index in [-0.39, 0.29) is 31.1 Å². The smallest absolute Gasteiger partial charge is 0.306 e. The number of unbranched alkanes of at least 4 members (excludes halogenated alkanes) is 36. The van der Waals surface area contributed by atoms with Crippen LogP contribution >= 0.6 is 0 Å². The molecular weight excluding hydrogens is 745 g/mol. The first kappa shape index (κ1) is 58.4. The Morgan fingerprint density at radius 3 is 0.817 bits per heavy atom. The topological polar surface area (TPSA) is 78.9 Å². The van der Waals surface area contributed by atoms with E-state index < -0.39 is 6.10 Å². The second-order valence-electron chi connectivity index (χ2n) is 19.0. The molecule has 0 radical (unpaired) electrons. The van der Waals surface area contributed by atoms with E-state index in [9.17, 15) is 14.4 Å². The first-order valence-corrected chi connectivity index (χ1v) is 26.9. The summed E-state index contributed by atoms with van der Waals surface area (Å²) in [6.45, 7) is 8.99. The monoisotopic (exact) mass is 849 g/mol. The molecule has 356 valence electrons. The van der Waals surface area contributed by atoms with Crippen LogP contribution in [0.2, 0.25) is 0 Å². The Kier molecular flexibility index (Phi) is 47.2. The van der Waals surface area contributed by atoms with Crippen LogP contribution < -0.4 is 0 Å². The fourth-order valence-corrected chi connectivity index (χ4v) is 8.22. The highest BCUT2D eigenvalue weighted by atomic mass is 16.6. The van der Waals surface area contributed by atoms with Gasteiger partial charge in [-0.05, 0) is 25.2 Å². The van der Waals surface area contributed by atoms with E-state index in [0.717, 1.165) is 63.7 Å². The van der Waals surface area contributed by atoms with Gasteiger partial charge in [-0.25, -0.2) is 0 Å². The highest BCUT2D eigenvalue weighted by Gasteiger charge is 2.19. The third-order valence-electron chi connectivity index (χ3n) is 12.3. The quantitative estimate of drug-likeness (QED) is 0.0345. The van der Waals surface area contributed by atoms with Gasteiger partial charge in [0.1, 0.15) is 13.2 Å². The summed E-state index contributed by atoms with van der Waals surface area (Å²) in [5.74, 6) is -0.0640. The van der Waals surface area contributed by atoms with E-state index in [1.165, 1.54) is 199 Å². The van der Waals surface area contributed by atoms with Crippen molar-refractivity contribution in [3.05, 3.63) is 0 Å². The maximum Gasteiger partial charge on any atom is 0.306 e. The third-order valence-corrected chi connectivity index (χ3v) is 12.3. The molecule has 0 aromatic rings. The van der Waals surface area contributed by atoms with Gasteiger partial charge in [0.2, 0.25) is 0 Å². The lowest BCUT2D eigenvalue weighted by atomic mass is 10.0. The molecule has 0 rings (SSSR count). The fraction of sp³-hybridized carbons (Fsp3) is 0.944. The van der Waals surface area contributed by atoms with Gasteiger partial charge in [-0.3, -0.25) is 14.4 Å². The Morgan fingerprint density at radius 2 is 0.550 bits per heavy atom. The SMILES string of the molecule is CCCCCCCCCCCCCCCCCCCCCC(=O)O[C@H](COC(=O)CCCCCCCCCCCCCCC)COC(=O)CCCCCCCCCC(C)C. The van der Waals surface area contributed by atoms with E-state index in [1.807, 2.05) is 0 Å². The second-order valence-corrected chi connectivity index (χ2v) is 19.0. The van der Waals surface area contributed by atoms with Crippen molar-refractivity contribution in [3.63, 3.8) is 0 Å². The van der Waals surface area contributed by atoms with Crippen molar-refractivity contribution in [2.24, 2.45) is 5.92 Å². The molecule has 0 aromatic carbocycles. The van der Waals surface area contributed by atoms with Crippen LogP contribution in [0.4, 0.5) is 0 Å². The third kappa shape index (κ3) is 47.5. The molecule has 0 N–H and O–H groups in total. The van der Waals surface area contributed by atoms with Crippen molar-refractivity contribution < 1.29 is 28.6 Å². The molecule has 0 unspecified atom stereocenters. The Labute approximate surface area is 374 Å². The minimum atomic E-state index is -0.761. The van der Waals surface area contributed by atoms with Gasteiger partial charge in [-0.1, -0.05) is 265 Å². The first-order valence-electron chi connectivity index (χ1n) is 26.9. The van der Waals surface area contributed by atoms with Gasteiger partial charge in [-0.2, -0.15) is 0 Å². The molecule has 0 aliphatic rings. The predicted octanol–water partition coefficient (Wildman–Crippen LogP) is 17.5. The lowest BCUT2D eigenvalue weighted by Gasteiger charge is -2.18.